The summed E-state index contributed by atoms with van der Waals surface area (Å²) in [6.45, 7) is 0.0386. The molecule has 8 aromatic carbocycles. The summed E-state index contributed by atoms with van der Waals surface area (Å²) in [6.07, 6.45) is 0. The summed E-state index contributed by atoms with van der Waals surface area (Å²) in [5.41, 5.74) is 6.82. The van der Waals surface area contributed by atoms with E-state index in [0.29, 0.717) is 0 Å². The van der Waals surface area contributed by atoms with E-state index in [1.807, 2.05) is 18.2 Å². The van der Waals surface area contributed by atoms with Crippen molar-refractivity contribution in [2.75, 3.05) is 0 Å². The number of benzene rings is 8. The first-order valence-electron chi connectivity index (χ1n) is 18.2. The van der Waals surface area contributed by atoms with E-state index in [-0.39, 0.29) is 6.71 Å². The van der Waals surface area contributed by atoms with Crippen LogP contribution in [0.4, 0.5) is 0 Å². The van der Waals surface area contributed by atoms with Gasteiger partial charge in [0.15, 0.2) is 8.07 Å². The number of ether oxygens (including phenoxy) is 2. The highest BCUT2D eigenvalue weighted by Crippen LogP contribution is 2.37. The molecule has 1 aromatic heterocycles. The highest BCUT2D eigenvalue weighted by molar-refractivity contribution is 7.20. The van der Waals surface area contributed by atoms with Crippen LogP contribution in [0.25, 0.3) is 27.5 Å². The molecule has 0 N–H and O–H groups in total. The second-order valence-electron chi connectivity index (χ2n) is 14.0. The maximum Gasteiger partial charge on any atom is 0.260 e. The summed E-state index contributed by atoms with van der Waals surface area (Å²) in [6, 6.07) is 70.7. The highest BCUT2D eigenvalue weighted by Gasteiger charge is 2.42. The molecule has 2 aliphatic rings. The molecule has 53 heavy (non-hydrogen) atoms. The van der Waals surface area contributed by atoms with Crippen molar-refractivity contribution >= 4 is 73.7 Å². The minimum atomic E-state index is -2.71. The third-order valence-corrected chi connectivity index (χ3v) is 16.1. The number of rotatable bonds is 5. The van der Waals surface area contributed by atoms with E-state index in [9.17, 15) is 0 Å². The lowest BCUT2D eigenvalue weighted by Gasteiger charge is -2.34. The first-order chi connectivity index (χ1) is 26.3. The Kier molecular flexibility index (Phi) is 6.67. The first-order valence-corrected chi connectivity index (χ1v) is 20.2. The van der Waals surface area contributed by atoms with Crippen molar-refractivity contribution in [2.45, 2.75) is 0 Å². The molecule has 11 rings (SSSR count). The van der Waals surface area contributed by atoms with Crippen molar-refractivity contribution in [1.29, 1.82) is 0 Å². The van der Waals surface area contributed by atoms with Crippen LogP contribution in [0.2, 0.25) is 0 Å². The Labute approximate surface area is 309 Å². The van der Waals surface area contributed by atoms with Crippen molar-refractivity contribution in [3.63, 3.8) is 0 Å². The van der Waals surface area contributed by atoms with Gasteiger partial charge in [-0.1, -0.05) is 152 Å². The molecule has 5 heteroatoms. The van der Waals surface area contributed by atoms with E-state index in [2.05, 4.69) is 180 Å². The molecule has 0 unspecified atom stereocenters. The average Bonchev–Trinajstić information content (AvgIpc) is 3.56. The van der Waals surface area contributed by atoms with Crippen LogP contribution >= 0.6 is 0 Å². The predicted molar refractivity (Wildman–Crippen MR) is 222 cm³/mol. The lowest BCUT2D eigenvalue weighted by Crippen LogP contribution is -2.74. The van der Waals surface area contributed by atoms with Gasteiger partial charge in [0.25, 0.3) is 6.71 Å². The van der Waals surface area contributed by atoms with E-state index >= 15 is 0 Å². The molecule has 2 aliphatic heterocycles. The van der Waals surface area contributed by atoms with E-state index in [1.54, 1.807) is 0 Å². The topological polar surface area (TPSA) is 23.4 Å². The van der Waals surface area contributed by atoms with Crippen LogP contribution in [0.15, 0.2) is 194 Å². The number of aromatic nitrogens is 1. The summed E-state index contributed by atoms with van der Waals surface area (Å²) in [4.78, 5) is 0. The minimum absolute atomic E-state index is 0.0386. The molecular weight excluding hydrogens is 661 g/mol. The quantitative estimate of drug-likeness (QED) is 0.145. The number of nitrogens with zero attached hydrogens (tertiary/aromatic N) is 1. The van der Waals surface area contributed by atoms with Gasteiger partial charge >= 0.3 is 0 Å². The Bertz CT molecular complexity index is 2760. The molecule has 0 spiro atoms. The van der Waals surface area contributed by atoms with Gasteiger partial charge in [0.1, 0.15) is 23.0 Å². The Morgan fingerprint density at radius 3 is 1.62 bits per heavy atom. The molecule has 0 saturated heterocycles. The predicted octanol–water partition coefficient (Wildman–Crippen LogP) is 6.89. The first kappa shape index (κ1) is 30.1. The minimum Gasteiger partial charge on any atom is -0.458 e. The second-order valence-corrected chi connectivity index (χ2v) is 17.8. The largest absolute Gasteiger partial charge is 0.458 e. The third-order valence-electron chi connectivity index (χ3n) is 11.3. The van der Waals surface area contributed by atoms with Crippen molar-refractivity contribution in [3.8, 4) is 28.7 Å². The molecule has 0 bridgehead atoms. The van der Waals surface area contributed by atoms with E-state index < -0.39 is 8.07 Å². The van der Waals surface area contributed by atoms with Gasteiger partial charge in [0.2, 0.25) is 0 Å². The average molecular weight is 694 g/mol. The summed E-state index contributed by atoms with van der Waals surface area (Å²) in [5.74, 6) is 3.49. The molecule has 3 nitrogen and oxygen atoms in total. The number of fused-ring (bicyclic) bond motifs is 7. The number of hydrogen-bond acceptors (Lipinski definition) is 2. The van der Waals surface area contributed by atoms with Gasteiger partial charge in [0, 0.05) is 28.0 Å². The zero-order chi connectivity index (χ0) is 34.9. The van der Waals surface area contributed by atoms with E-state index in [0.717, 1.165) is 45.1 Å². The van der Waals surface area contributed by atoms with Crippen LogP contribution in [-0.4, -0.2) is 19.4 Å². The molecule has 248 valence electrons. The third kappa shape index (κ3) is 4.41. The van der Waals surface area contributed by atoms with Crippen molar-refractivity contribution < 1.29 is 9.47 Å². The molecule has 0 radical (unpaired) electrons. The summed E-state index contributed by atoms with van der Waals surface area (Å²) in [5, 5.41) is 7.93. The van der Waals surface area contributed by atoms with Crippen LogP contribution in [0, 0.1) is 0 Å². The Morgan fingerprint density at radius 2 is 0.925 bits per heavy atom. The molecule has 0 saturated carbocycles. The van der Waals surface area contributed by atoms with E-state index in [1.165, 1.54) is 42.6 Å². The molecular formula is C48H32BNO2Si. The summed E-state index contributed by atoms with van der Waals surface area (Å²) in [7, 11) is -2.71. The summed E-state index contributed by atoms with van der Waals surface area (Å²) < 4.78 is 15.5. The standard InChI is InChI=1S/C48H32BNO2Si/c1-4-15-34(16-5-1)53(35-17-6-2-7-18-35,36-19-8-3-9-20-36)37-28-30-43-39(32-37)38-21-10-12-23-42(38)50(43)33-27-29-41-47(31-33)52-46-26-14-25-45-48(46)49(41)40-22-11-13-24-44(40)51-45/h1-32H. The van der Waals surface area contributed by atoms with Gasteiger partial charge in [0.05, 0.1) is 11.0 Å². The molecule has 0 atom stereocenters. The molecule has 0 amide bonds. The fraction of sp³-hybridized carbons (Fsp3) is 0. The number of para-hydroxylation sites is 2. The van der Waals surface area contributed by atoms with Crippen LogP contribution in [0.5, 0.6) is 23.0 Å². The van der Waals surface area contributed by atoms with Gasteiger partial charge in [-0.3, -0.25) is 0 Å². The fourth-order valence-corrected chi connectivity index (χ4v) is 13.8. The van der Waals surface area contributed by atoms with Gasteiger partial charge in [-0.05, 0) is 68.1 Å². The molecule has 3 heterocycles. The molecule has 0 fully saturated rings. The smallest absolute Gasteiger partial charge is 0.260 e. The van der Waals surface area contributed by atoms with Gasteiger partial charge < -0.3 is 14.0 Å². The lowest BCUT2D eigenvalue weighted by atomic mass is 9.35. The number of hydrogen-bond donors (Lipinski definition) is 0. The lowest BCUT2D eigenvalue weighted by molar-refractivity contribution is 0.464. The van der Waals surface area contributed by atoms with Crippen LogP contribution < -0.4 is 46.6 Å². The maximum absolute atomic E-state index is 6.73. The zero-order valence-electron chi connectivity index (χ0n) is 28.8. The van der Waals surface area contributed by atoms with Gasteiger partial charge in [-0.25, -0.2) is 0 Å². The van der Waals surface area contributed by atoms with Crippen molar-refractivity contribution in [3.05, 3.63) is 194 Å². The van der Waals surface area contributed by atoms with E-state index in [4.69, 9.17) is 9.47 Å². The Hall–Kier alpha value is -6.56. The fourth-order valence-electron chi connectivity index (χ4n) is 9.05. The Balaban J connectivity index is 1.14. The zero-order valence-corrected chi connectivity index (χ0v) is 29.8. The van der Waals surface area contributed by atoms with Crippen molar-refractivity contribution in [2.24, 2.45) is 0 Å². The van der Waals surface area contributed by atoms with Crippen LogP contribution in [-0.2, 0) is 0 Å². The van der Waals surface area contributed by atoms with Crippen LogP contribution in [0.1, 0.15) is 0 Å². The van der Waals surface area contributed by atoms with Gasteiger partial charge in [-0.2, -0.15) is 0 Å². The van der Waals surface area contributed by atoms with Gasteiger partial charge in [-0.15, -0.1) is 0 Å². The second kappa shape index (κ2) is 11.7. The highest BCUT2D eigenvalue weighted by atomic mass is 28.3. The molecule has 0 aliphatic carbocycles. The van der Waals surface area contributed by atoms with Crippen LogP contribution in [0.3, 0.4) is 0 Å². The Morgan fingerprint density at radius 1 is 0.377 bits per heavy atom. The monoisotopic (exact) mass is 693 g/mol. The van der Waals surface area contributed by atoms with Crippen molar-refractivity contribution in [1.82, 2.24) is 4.57 Å². The summed E-state index contributed by atoms with van der Waals surface area (Å²) >= 11 is 0. The molecule has 9 aromatic rings. The SMILES string of the molecule is c1ccc([Si](c2ccccc2)(c2ccccc2)c2ccc3c(c2)c2ccccc2n3-c2ccc3c(c2)Oc2cccc4c2B3c2ccccc2O4)cc1. The maximum atomic E-state index is 6.73. The normalized spacial score (nSPS) is 12.8.